The maximum atomic E-state index is 12.3. The van der Waals surface area contributed by atoms with E-state index in [1.807, 2.05) is 0 Å². The van der Waals surface area contributed by atoms with Gasteiger partial charge in [-0.05, 0) is 25.7 Å². The van der Waals surface area contributed by atoms with Crippen molar-refractivity contribution in [2.45, 2.75) is 76.3 Å². The second-order valence-corrected chi connectivity index (χ2v) is 6.72. The average molecular weight is 378 g/mol. The van der Waals surface area contributed by atoms with E-state index in [9.17, 15) is 4.79 Å². The quantitative estimate of drug-likeness (QED) is 0.841. The molecule has 1 aromatic rings. The molecule has 1 fully saturated rings. The zero-order valence-electron chi connectivity index (χ0n) is 14.1. The van der Waals surface area contributed by atoms with Crippen LogP contribution in [0.1, 0.15) is 63.0 Å². The molecule has 6 nitrogen and oxygen atoms in total. The molecular weight excluding hydrogens is 349 g/mol. The smallest absolute Gasteiger partial charge is 0.240 e. The topological polar surface area (TPSA) is 85.8 Å². The number of aromatic nitrogens is 3. The summed E-state index contributed by atoms with van der Waals surface area (Å²) in [7, 11) is 0. The Kier molecular flexibility index (Phi) is 8.46. The van der Waals surface area contributed by atoms with E-state index in [0.717, 1.165) is 56.7 Å². The van der Waals surface area contributed by atoms with Crippen LogP contribution in [0.2, 0.25) is 0 Å². The van der Waals surface area contributed by atoms with Gasteiger partial charge in [-0.25, -0.2) is 0 Å². The highest BCUT2D eigenvalue weighted by atomic mass is 35.5. The first-order chi connectivity index (χ1) is 10.7. The Morgan fingerprint density at radius 2 is 1.79 bits per heavy atom. The number of carbonyl (C=O) groups excluding carboxylic acids is 1. The molecule has 0 radical (unpaired) electrons. The molecule has 1 aliphatic heterocycles. The van der Waals surface area contributed by atoms with Gasteiger partial charge in [0.15, 0.2) is 0 Å². The van der Waals surface area contributed by atoms with Crippen molar-refractivity contribution in [2.75, 3.05) is 6.54 Å². The molecule has 0 bridgehead atoms. The van der Waals surface area contributed by atoms with Crippen LogP contribution in [0, 0.1) is 0 Å². The van der Waals surface area contributed by atoms with Gasteiger partial charge in [0.2, 0.25) is 5.91 Å². The summed E-state index contributed by atoms with van der Waals surface area (Å²) in [6, 6.07) is 0. The van der Waals surface area contributed by atoms with Crippen LogP contribution in [0.4, 0.5) is 0 Å². The summed E-state index contributed by atoms with van der Waals surface area (Å²) >= 11 is 0. The number of hydrogen-bond acceptors (Lipinski definition) is 4. The van der Waals surface area contributed by atoms with Crippen LogP contribution in [0.3, 0.4) is 0 Å². The van der Waals surface area contributed by atoms with Crippen molar-refractivity contribution in [1.29, 1.82) is 0 Å². The number of amides is 1. The molecule has 24 heavy (non-hydrogen) atoms. The van der Waals surface area contributed by atoms with Gasteiger partial charge in [0.25, 0.3) is 0 Å². The van der Waals surface area contributed by atoms with Crippen LogP contribution in [0.5, 0.6) is 0 Å². The summed E-state index contributed by atoms with van der Waals surface area (Å²) < 4.78 is 2.23. The molecule has 3 rings (SSSR count). The summed E-state index contributed by atoms with van der Waals surface area (Å²) in [6.45, 7) is 1.60. The first-order valence-corrected chi connectivity index (χ1v) is 8.67. The lowest BCUT2D eigenvalue weighted by molar-refractivity contribution is -0.127. The summed E-state index contributed by atoms with van der Waals surface area (Å²) in [6.07, 6.45) is 10.3. The number of nitrogens with one attached hydrogen (secondary N) is 1. The summed E-state index contributed by atoms with van der Waals surface area (Å²) in [5.74, 6) is 2.09. The third-order valence-corrected chi connectivity index (χ3v) is 5.02. The highest BCUT2D eigenvalue weighted by Crippen LogP contribution is 2.25. The molecule has 0 aromatic carbocycles. The number of carbonyl (C=O) groups is 1. The van der Waals surface area contributed by atoms with Crippen LogP contribution in [-0.4, -0.2) is 32.8 Å². The van der Waals surface area contributed by atoms with Gasteiger partial charge in [0.1, 0.15) is 11.6 Å². The molecule has 0 saturated heterocycles. The van der Waals surface area contributed by atoms with Gasteiger partial charge in [-0.3, -0.25) is 4.79 Å². The fraction of sp³-hybridized carbons (Fsp3) is 0.812. The Hall–Kier alpha value is -0.850. The average Bonchev–Trinajstić information content (AvgIpc) is 2.76. The predicted molar refractivity (Wildman–Crippen MR) is 98.8 cm³/mol. The van der Waals surface area contributed by atoms with Crippen molar-refractivity contribution in [3.63, 3.8) is 0 Å². The molecule has 0 spiro atoms. The Morgan fingerprint density at radius 3 is 2.54 bits per heavy atom. The lowest BCUT2D eigenvalue weighted by Gasteiger charge is -2.31. The largest absolute Gasteiger partial charge is 0.354 e. The summed E-state index contributed by atoms with van der Waals surface area (Å²) in [5, 5.41) is 11.6. The number of halogens is 2. The van der Waals surface area contributed by atoms with E-state index in [1.165, 1.54) is 25.7 Å². The van der Waals surface area contributed by atoms with E-state index in [1.54, 1.807) is 0 Å². The molecule has 1 amide bonds. The number of fused-ring (bicyclic) bond motifs is 1. The Labute approximate surface area is 156 Å². The minimum absolute atomic E-state index is 0. The second kappa shape index (κ2) is 9.59. The first kappa shape index (κ1) is 21.2. The molecule has 0 atom stereocenters. The van der Waals surface area contributed by atoms with Gasteiger partial charge in [0, 0.05) is 25.9 Å². The summed E-state index contributed by atoms with van der Waals surface area (Å²) in [4.78, 5) is 12.3. The van der Waals surface area contributed by atoms with E-state index in [4.69, 9.17) is 5.73 Å². The van der Waals surface area contributed by atoms with Crippen molar-refractivity contribution in [3.8, 4) is 0 Å². The zero-order valence-corrected chi connectivity index (χ0v) is 15.8. The van der Waals surface area contributed by atoms with E-state index >= 15 is 0 Å². The molecule has 3 N–H and O–H groups in total. The molecule has 1 aliphatic carbocycles. The highest BCUT2D eigenvalue weighted by Gasteiger charge is 2.34. The lowest BCUT2D eigenvalue weighted by Crippen LogP contribution is -2.55. The number of nitrogens with zero attached hydrogens (tertiary/aromatic N) is 3. The van der Waals surface area contributed by atoms with E-state index in [0.29, 0.717) is 6.54 Å². The zero-order chi connectivity index (χ0) is 15.4. The maximum Gasteiger partial charge on any atom is 0.240 e. The predicted octanol–water partition coefficient (Wildman–Crippen LogP) is 2.17. The van der Waals surface area contributed by atoms with Gasteiger partial charge < -0.3 is 15.6 Å². The fourth-order valence-electron chi connectivity index (χ4n) is 3.60. The fourth-order valence-corrected chi connectivity index (χ4v) is 3.60. The third-order valence-electron chi connectivity index (χ3n) is 5.02. The molecule has 138 valence electrons. The molecule has 1 saturated carbocycles. The van der Waals surface area contributed by atoms with Gasteiger partial charge >= 0.3 is 0 Å². The normalized spacial score (nSPS) is 19.2. The van der Waals surface area contributed by atoms with Gasteiger partial charge in [0.05, 0.1) is 5.54 Å². The van der Waals surface area contributed by atoms with E-state index < -0.39 is 5.54 Å². The lowest BCUT2D eigenvalue weighted by atomic mass is 9.82. The summed E-state index contributed by atoms with van der Waals surface area (Å²) in [5.41, 5.74) is 5.60. The van der Waals surface area contributed by atoms with Gasteiger partial charge in [-0.15, -0.1) is 35.0 Å². The van der Waals surface area contributed by atoms with Crippen LogP contribution in [0.15, 0.2) is 0 Å². The molecule has 2 aliphatic rings. The standard InChI is InChI=1S/C16H27N5O.2ClH/c17-16(9-4-2-5-10-16)15(22)18-11-8-14-20-19-13-7-3-1-6-12-21(13)14;;/h1-12,17H2,(H,18,22);2*1H. The number of aryl methyl sites for hydroxylation is 1. The van der Waals surface area contributed by atoms with E-state index in [2.05, 4.69) is 20.1 Å². The number of rotatable bonds is 4. The van der Waals surface area contributed by atoms with Crippen molar-refractivity contribution in [2.24, 2.45) is 5.73 Å². The number of nitrogens with two attached hydrogens (primary N) is 1. The maximum absolute atomic E-state index is 12.3. The molecule has 2 heterocycles. The van der Waals surface area contributed by atoms with Crippen molar-refractivity contribution in [3.05, 3.63) is 11.6 Å². The molecular formula is C16H29Cl2N5O. The van der Waals surface area contributed by atoms with Crippen molar-refractivity contribution >= 4 is 30.7 Å². The van der Waals surface area contributed by atoms with Crippen molar-refractivity contribution in [1.82, 2.24) is 20.1 Å². The minimum Gasteiger partial charge on any atom is -0.354 e. The monoisotopic (exact) mass is 377 g/mol. The van der Waals surface area contributed by atoms with Gasteiger partial charge in [-0.1, -0.05) is 25.7 Å². The van der Waals surface area contributed by atoms with Gasteiger partial charge in [-0.2, -0.15) is 0 Å². The van der Waals surface area contributed by atoms with Crippen LogP contribution in [-0.2, 0) is 24.2 Å². The Bertz CT molecular complexity index is 529. The Morgan fingerprint density at radius 1 is 1.08 bits per heavy atom. The third kappa shape index (κ3) is 4.83. The molecule has 1 aromatic heterocycles. The highest BCUT2D eigenvalue weighted by molar-refractivity contribution is 5.86. The number of hydrogen-bond donors (Lipinski definition) is 2. The minimum atomic E-state index is -0.653. The molecule has 0 unspecified atom stereocenters. The van der Waals surface area contributed by atoms with Crippen LogP contribution >= 0.6 is 24.8 Å². The van der Waals surface area contributed by atoms with Crippen molar-refractivity contribution < 1.29 is 4.79 Å². The van der Waals surface area contributed by atoms with Crippen LogP contribution < -0.4 is 11.1 Å². The Balaban J connectivity index is 0.00000144. The van der Waals surface area contributed by atoms with E-state index in [-0.39, 0.29) is 30.7 Å². The SMILES string of the molecule is Cl.Cl.NC1(C(=O)NCCc2nnc3n2CCCCC3)CCCCC1. The molecule has 8 heteroatoms. The van der Waals surface area contributed by atoms with Crippen LogP contribution in [0.25, 0.3) is 0 Å². The second-order valence-electron chi connectivity index (χ2n) is 6.72. The first-order valence-electron chi connectivity index (χ1n) is 8.67.